The second-order valence-electron chi connectivity index (χ2n) is 5.33. The average molecular weight is 323 g/mol. The lowest BCUT2D eigenvalue weighted by Crippen LogP contribution is -2.51. The van der Waals surface area contributed by atoms with Crippen LogP contribution in [0.4, 0.5) is 9.18 Å². The van der Waals surface area contributed by atoms with Gasteiger partial charge in [-0.05, 0) is 5.56 Å². The molecule has 0 aromatic heterocycles. The van der Waals surface area contributed by atoms with Crippen LogP contribution < -0.4 is 5.32 Å². The van der Waals surface area contributed by atoms with E-state index in [4.69, 9.17) is 4.74 Å². The Bertz CT molecular complexity index is 505. The predicted octanol–water partition coefficient (Wildman–Crippen LogP) is 1.03. The fourth-order valence-corrected chi connectivity index (χ4v) is 2.37. The summed E-state index contributed by atoms with van der Waals surface area (Å²) in [4.78, 5) is 27.2. The number of hydrogen-bond donors (Lipinski definition) is 1. The molecule has 0 aliphatic carbocycles. The maximum absolute atomic E-state index is 12.3. The number of halogens is 1. The molecule has 1 aliphatic rings. The van der Waals surface area contributed by atoms with Crippen LogP contribution in [0.25, 0.3) is 0 Å². The van der Waals surface area contributed by atoms with E-state index in [0.29, 0.717) is 32.7 Å². The summed E-state index contributed by atoms with van der Waals surface area (Å²) in [6.07, 6.45) is -0.613. The molecule has 1 saturated heterocycles. The van der Waals surface area contributed by atoms with Crippen LogP contribution in [-0.4, -0.2) is 67.7 Å². The molecule has 1 heterocycles. The van der Waals surface area contributed by atoms with Gasteiger partial charge in [-0.2, -0.15) is 0 Å². The van der Waals surface area contributed by atoms with Gasteiger partial charge in [0.25, 0.3) is 0 Å². The van der Waals surface area contributed by atoms with Gasteiger partial charge in [-0.3, -0.25) is 9.69 Å². The van der Waals surface area contributed by atoms with E-state index >= 15 is 0 Å². The molecule has 1 aromatic rings. The number of amides is 2. The molecule has 0 bridgehead atoms. The van der Waals surface area contributed by atoms with Crippen LogP contribution in [0.5, 0.6) is 0 Å². The highest BCUT2D eigenvalue weighted by atomic mass is 19.1. The van der Waals surface area contributed by atoms with Crippen molar-refractivity contribution in [1.82, 2.24) is 15.1 Å². The quantitative estimate of drug-likeness (QED) is 0.849. The van der Waals surface area contributed by atoms with Gasteiger partial charge < -0.3 is 15.0 Å². The molecule has 1 N–H and O–H groups in total. The van der Waals surface area contributed by atoms with Crippen LogP contribution in [0.2, 0.25) is 0 Å². The van der Waals surface area contributed by atoms with Crippen molar-refractivity contribution in [1.29, 1.82) is 0 Å². The number of piperazine rings is 1. The summed E-state index contributed by atoms with van der Waals surface area (Å²) in [6, 6.07) is 9.33. The summed E-state index contributed by atoms with van der Waals surface area (Å²) in [5.41, 5.74) is 0.887. The number of hydrogen-bond acceptors (Lipinski definition) is 4. The fraction of sp³-hybridized carbons (Fsp3) is 0.500. The normalized spacial score (nSPS) is 15.3. The molecule has 23 heavy (non-hydrogen) atoms. The fourth-order valence-electron chi connectivity index (χ4n) is 2.37. The molecule has 1 aromatic carbocycles. The van der Waals surface area contributed by atoms with Gasteiger partial charge in [-0.1, -0.05) is 30.3 Å². The smallest absolute Gasteiger partial charge is 0.407 e. The maximum Gasteiger partial charge on any atom is 0.407 e. The molecule has 0 radical (unpaired) electrons. The van der Waals surface area contributed by atoms with Crippen molar-refractivity contribution in [3.8, 4) is 0 Å². The molecule has 2 rings (SSSR count). The zero-order valence-corrected chi connectivity index (χ0v) is 13.0. The first-order chi connectivity index (χ1) is 11.2. The Balaban J connectivity index is 1.63. The highest BCUT2D eigenvalue weighted by Gasteiger charge is 2.21. The van der Waals surface area contributed by atoms with Gasteiger partial charge in [0, 0.05) is 32.7 Å². The molecule has 6 nitrogen and oxygen atoms in total. The Kier molecular flexibility index (Phi) is 6.80. The molecular formula is C16H22FN3O3. The monoisotopic (exact) mass is 323 g/mol. The third-order valence-corrected chi connectivity index (χ3v) is 3.72. The van der Waals surface area contributed by atoms with Crippen molar-refractivity contribution in [3.63, 3.8) is 0 Å². The standard InChI is InChI=1S/C16H22FN3O3/c17-6-7-19-8-10-20(11-9-19)15(21)12-18-16(22)23-13-14-4-2-1-3-5-14/h1-5H,6-13H2,(H,18,22). The van der Waals surface area contributed by atoms with E-state index in [1.165, 1.54) is 0 Å². The number of rotatable bonds is 6. The third kappa shape index (κ3) is 5.86. The van der Waals surface area contributed by atoms with Crippen LogP contribution in [0.3, 0.4) is 0 Å². The molecule has 7 heteroatoms. The lowest BCUT2D eigenvalue weighted by atomic mass is 10.2. The Hall–Kier alpha value is -2.15. The van der Waals surface area contributed by atoms with Crippen LogP contribution in [0.1, 0.15) is 5.56 Å². The molecule has 0 atom stereocenters. The number of carbonyl (C=O) groups excluding carboxylic acids is 2. The van der Waals surface area contributed by atoms with E-state index in [2.05, 4.69) is 5.32 Å². The van der Waals surface area contributed by atoms with Crippen molar-refractivity contribution in [2.45, 2.75) is 6.61 Å². The number of alkyl carbamates (subject to hydrolysis) is 1. The molecule has 0 spiro atoms. The first-order valence-electron chi connectivity index (χ1n) is 7.69. The molecule has 0 saturated carbocycles. The molecule has 0 unspecified atom stereocenters. The summed E-state index contributed by atoms with van der Waals surface area (Å²) in [5.74, 6) is -0.151. The Morgan fingerprint density at radius 3 is 2.48 bits per heavy atom. The van der Waals surface area contributed by atoms with Gasteiger partial charge in [0.2, 0.25) is 5.91 Å². The molecule has 126 valence electrons. The summed E-state index contributed by atoms with van der Waals surface area (Å²) >= 11 is 0. The van der Waals surface area contributed by atoms with E-state index in [1.807, 2.05) is 35.2 Å². The Morgan fingerprint density at radius 1 is 1.13 bits per heavy atom. The second kappa shape index (κ2) is 9.09. The number of alkyl halides is 1. The van der Waals surface area contributed by atoms with Gasteiger partial charge in [-0.25, -0.2) is 9.18 Å². The van der Waals surface area contributed by atoms with Crippen LogP contribution >= 0.6 is 0 Å². The van der Waals surface area contributed by atoms with Gasteiger partial charge in [0.05, 0.1) is 0 Å². The minimum absolute atomic E-state index is 0.0866. The number of carbonyl (C=O) groups is 2. The number of nitrogens with zero attached hydrogens (tertiary/aromatic N) is 2. The summed E-state index contributed by atoms with van der Waals surface area (Å²) in [7, 11) is 0. The van der Waals surface area contributed by atoms with E-state index < -0.39 is 6.09 Å². The van der Waals surface area contributed by atoms with Crippen molar-refractivity contribution < 1.29 is 18.7 Å². The zero-order chi connectivity index (χ0) is 16.5. The highest BCUT2D eigenvalue weighted by Crippen LogP contribution is 2.02. The van der Waals surface area contributed by atoms with E-state index in [0.717, 1.165) is 5.56 Å². The van der Waals surface area contributed by atoms with Gasteiger partial charge >= 0.3 is 6.09 Å². The van der Waals surface area contributed by atoms with Crippen molar-refractivity contribution in [2.75, 3.05) is 45.9 Å². The SMILES string of the molecule is O=C(NCC(=O)N1CCN(CCF)CC1)OCc1ccccc1. The molecule has 1 aliphatic heterocycles. The average Bonchev–Trinajstić information content (AvgIpc) is 2.59. The van der Waals surface area contributed by atoms with Crippen molar-refractivity contribution >= 4 is 12.0 Å². The number of ether oxygens (including phenoxy) is 1. The molecule has 1 fully saturated rings. The Morgan fingerprint density at radius 2 is 1.83 bits per heavy atom. The van der Waals surface area contributed by atoms with Crippen LogP contribution in [0, 0.1) is 0 Å². The second-order valence-corrected chi connectivity index (χ2v) is 5.33. The molecular weight excluding hydrogens is 301 g/mol. The minimum Gasteiger partial charge on any atom is -0.445 e. The van der Waals surface area contributed by atoms with Gasteiger partial charge in [0.15, 0.2) is 0 Å². The van der Waals surface area contributed by atoms with Gasteiger partial charge in [-0.15, -0.1) is 0 Å². The highest BCUT2D eigenvalue weighted by molar-refractivity contribution is 5.82. The maximum atomic E-state index is 12.3. The minimum atomic E-state index is -0.613. The van der Waals surface area contributed by atoms with Gasteiger partial charge in [0.1, 0.15) is 19.8 Å². The summed E-state index contributed by atoms with van der Waals surface area (Å²) in [5, 5.41) is 2.46. The first-order valence-corrected chi connectivity index (χ1v) is 7.69. The Labute approximate surface area is 135 Å². The molecule has 2 amide bonds. The third-order valence-electron chi connectivity index (χ3n) is 3.72. The first kappa shape index (κ1) is 17.2. The van der Waals surface area contributed by atoms with Crippen LogP contribution in [-0.2, 0) is 16.1 Å². The largest absolute Gasteiger partial charge is 0.445 e. The van der Waals surface area contributed by atoms with E-state index in [-0.39, 0.29) is 25.7 Å². The van der Waals surface area contributed by atoms with E-state index in [1.54, 1.807) is 4.90 Å². The zero-order valence-electron chi connectivity index (χ0n) is 13.0. The van der Waals surface area contributed by atoms with Crippen molar-refractivity contribution in [2.24, 2.45) is 0 Å². The lowest BCUT2D eigenvalue weighted by molar-refractivity contribution is -0.131. The summed E-state index contributed by atoms with van der Waals surface area (Å²) in [6.45, 7) is 2.55. The van der Waals surface area contributed by atoms with Crippen LogP contribution in [0.15, 0.2) is 30.3 Å². The van der Waals surface area contributed by atoms with Crippen molar-refractivity contribution in [3.05, 3.63) is 35.9 Å². The van der Waals surface area contributed by atoms with E-state index in [9.17, 15) is 14.0 Å². The number of nitrogens with one attached hydrogen (secondary N) is 1. The summed E-state index contributed by atoms with van der Waals surface area (Å²) < 4.78 is 17.3. The predicted molar refractivity (Wildman–Crippen MR) is 83.6 cm³/mol. The number of benzene rings is 1. The topological polar surface area (TPSA) is 61.9 Å². The lowest BCUT2D eigenvalue weighted by Gasteiger charge is -2.34.